The molecule has 5 nitrogen and oxygen atoms in total. The van der Waals surface area contributed by atoms with E-state index in [4.69, 9.17) is 4.74 Å². The van der Waals surface area contributed by atoms with Crippen molar-refractivity contribution in [2.75, 3.05) is 12.4 Å². The minimum absolute atomic E-state index is 0.0151. The van der Waals surface area contributed by atoms with Crippen LogP contribution >= 0.6 is 0 Å². The number of rotatable bonds is 4. The van der Waals surface area contributed by atoms with Crippen LogP contribution in [-0.2, 0) is 5.41 Å². The molecule has 1 heterocycles. The molecule has 2 atom stereocenters. The zero-order chi connectivity index (χ0) is 26.8. The largest absolute Gasteiger partial charge is 0.493 e. The molecule has 0 amide bonds. The Kier molecular flexibility index (Phi) is 5.90. The van der Waals surface area contributed by atoms with Gasteiger partial charge in [0, 0.05) is 22.8 Å². The highest BCUT2D eigenvalue weighted by Crippen LogP contribution is 2.59. The topological polar surface area (TPSA) is 67.3 Å². The maximum absolute atomic E-state index is 15.1. The predicted molar refractivity (Wildman–Crippen MR) is 117 cm³/mol. The molecule has 36 heavy (non-hydrogen) atoms. The summed E-state index contributed by atoms with van der Waals surface area (Å²) in [6.45, 7) is 4.11. The number of anilines is 1. The molecule has 0 saturated carbocycles. The van der Waals surface area contributed by atoms with Crippen LogP contribution in [0.1, 0.15) is 43.3 Å². The Morgan fingerprint density at radius 3 is 2.31 bits per heavy atom. The number of benzene rings is 2. The van der Waals surface area contributed by atoms with Crippen molar-refractivity contribution >= 4 is 16.6 Å². The number of nitrogens with one attached hydrogen (secondary N) is 1. The van der Waals surface area contributed by atoms with E-state index in [1.807, 2.05) is 0 Å². The molecule has 0 spiro atoms. The van der Waals surface area contributed by atoms with E-state index in [0.29, 0.717) is 0 Å². The number of nitrogens with zero attached hydrogens (tertiary/aromatic N) is 2. The Balaban J connectivity index is 2.02. The van der Waals surface area contributed by atoms with Gasteiger partial charge in [-0.2, -0.15) is 22.0 Å². The molecule has 1 aliphatic carbocycles. The van der Waals surface area contributed by atoms with E-state index in [9.17, 15) is 27.1 Å². The van der Waals surface area contributed by atoms with E-state index < -0.39 is 47.2 Å². The van der Waals surface area contributed by atoms with Gasteiger partial charge in [-0.15, -0.1) is 0 Å². The number of hydrogen-bond acceptors (Lipinski definition) is 5. The number of alkyl halides is 5. The quantitative estimate of drug-likeness (QED) is 0.417. The van der Waals surface area contributed by atoms with Crippen molar-refractivity contribution < 1.29 is 40.6 Å². The third kappa shape index (κ3) is 3.73. The van der Waals surface area contributed by atoms with Gasteiger partial charge in [-0.1, -0.05) is 19.9 Å². The first-order valence-electron chi connectivity index (χ1n) is 10.8. The Morgan fingerprint density at radius 1 is 1.06 bits per heavy atom. The molecule has 1 aliphatic rings. The number of aryl methyl sites for hydroxylation is 1. The molecule has 0 bridgehead atoms. The summed E-state index contributed by atoms with van der Waals surface area (Å²) in [5.74, 6) is -7.37. The first kappa shape index (κ1) is 25.9. The summed E-state index contributed by atoms with van der Waals surface area (Å²) in [6, 6.07) is 1.83. The summed E-state index contributed by atoms with van der Waals surface area (Å²) in [6.07, 6.45) is -6.06. The van der Waals surface area contributed by atoms with Gasteiger partial charge >= 0.3 is 12.1 Å². The lowest BCUT2D eigenvalue weighted by molar-refractivity contribution is -0.349. The van der Waals surface area contributed by atoms with Crippen LogP contribution in [0, 0.1) is 18.6 Å². The van der Waals surface area contributed by atoms with Crippen molar-refractivity contribution in [3.05, 3.63) is 59.0 Å². The summed E-state index contributed by atoms with van der Waals surface area (Å²) >= 11 is 0. The highest BCUT2D eigenvalue weighted by Gasteiger charge is 2.74. The van der Waals surface area contributed by atoms with Gasteiger partial charge < -0.3 is 15.2 Å². The summed E-state index contributed by atoms with van der Waals surface area (Å²) in [4.78, 5) is 7.93. The van der Waals surface area contributed by atoms with Crippen molar-refractivity contribution in [2.24, 2.45) is 0 Å². The summed E-state index contributed by atoms with van der Waals surface area (Å²) < 4.78 is 105. The predicted octanol–water partition coefficient (Wildman–Crippen LogP) is 5.99. The molecule has 0 fully saturated rings. The number of aliphatic hydroxyl groups is 1. The summed E-state index contributed by atoms with van der Waals surface area (Å²) in [5, 5.41) is 13.8. The van der Waals surface area contributed by atoms with Crippen molar-refractivity contribution in [3.8, 4) is 5.75 Å². The van der Waals surface area contributed by atoms with Crippen LogP contribution in [0.15, 0.2) is 30.5 Å². The van der Waals surface area contributed by atoms with Gasteiger partial charge in [-0.25, -0.2) is 18.7 Å². The maximum atomic E-state index is 15.1. The molecule has 0 saturated heterocycles. The SMILES string of the molecule is COc1c(F)ccc2c1C(C)(C)C[C@](O)(C(F)(F)C(F)(F)F)[C@H]2Nc1ccc(F)c2nc(C)ncc12. The van der Waals surface area contributed by atoms with Gasteiger partial charge in [0.25, 0.3) is 0 Å². The van der Waals surface area contributed by atoms with E-state index >= 15 is 8.78 Å². The van der Waals surface area contributed by atoms with Gasteiger partial charge in [-0.3, -0.25) is 0 Å². The molecule has 2 aromatic carbocycles. The fourth-order valence-corrected chi connectivity index (χ4v) is 5.02. The van der Waals surface area contributed by atoms with E-state index in [0.717, 1.165) is 31.4 Å². The molecular formula is C24H22F7N3O2. The molecule has 0 unspecified atom stereocenters. The van der Waals surface area contributed by atoms with E-state index in [1.54, 1.807) is 0 Å². The van der Waals surface area contributed by atoms with Gasteiger partial charge in [0.2, 0.25) is 0 Å². The molecule has 3 aromatic rings. The highest BCUT2D eigenvalue weighted by atomic mass is 19.4. The number of aromatic nitrogens is 2. The Hall–Kier alpha value is -3.15. The zero-order valence-corrected chi connectivity index (χ0v) is 19.6. The third-order valence-electron chi connectivity index (χ3n) is 6.54. The Labute approximate surface area is 201 Å². The Morgan fingerprint density at radius 2 is 1.69 bits per heavy atom. The van der Waals surface area contributed by atoms with E-state index in [-0.39, 0.29) is 39.3 Å². The second kappa shape index (κ2) is 8.19. The average molecular weight is 517 g/mol. The van der Waals surface area contributed by atoms with Gasteiger partial charge in [-0.05, 0) is 42.5 Å². The fraction of sp³-hybridized carbons (Fsp3) is 0.417. The molecule has 0 radical (unpaired) electrons. The van der Waals surface area contributed by atoms with Crippen LogP contribution in [0.3, 0.4) is 0 Å². The molecule has 4 rings (SSSR count). The standard InChI is InChI=1S/C24H22F7N3O2/c1-11-32-9-13-16(8-7-14(25)18(13)33-11)34-20-12-5-6-15(26)19(36-4)17(12)21(2,3)10-22(20,35)23(27,28)24(29,30)31/h5-9,20,34-35H,10H2,1-4H3/t20-,22+/m0/s1. The minimum atomic E-state index is -6.12. The second-order valence-electron chi connectivity index (χ2n) is 9.45. The Bertz CT molecular complexity index is 1340. The number of halogens is 7. The summed E-state index contributed by atoms with van der Waals surface area (Å²) in [7, 11) is 1.13. The number of fused-ring (bicyclic) bond motifs is 2. The second-order valence-corrected chi connectivity index (χ2v) is 9.45. The lowest BCUT2D eigenvalue weighted by atomic mass is 9.61. The van der Waals surface area contributed by atoms with Gasteiger partial charge in [0.1, 0.15) is 17.2 Å². The number of ether oxygens (including phenoxy) is 1. The van der Waals surface area contributed by atoms with Crippen LogP contribution in [-0.4, -0.2) is 39.9 Å². The van der Waals surface area contributed by atoms with Crippen LogP contribution < -0.4 is 10.1 Å². The highest BCUT2D eigenvalue weighted by molar-refractivity contribution is 5.91. The molecule has 194 valence electrons. The van der Waals surface area contributed by atoms with Crippen LogP contribution in [0.2, 0.25) is 0 Å². The molecule has 0 aliphatic heterocycles. The molecule has 1 aromatic heterocycles. The smallest absolute Gasteiger partial charge is 0.456 e. The molecular weight excluding hydrogens is 495 g/mol. The van der Waals surface area contributed by atoms with Crippen molar-refractivity contribution in [1.82, 2.24) is 9.97 Å². The fourth-order valence-electron chi connectivity index (χ4n) is 5.02. The van der Waals surface area contributed by atoms with Crippen LogP contribution in [0.5, 0.6) is 5.75 Å². The summed E-state index contributed by atoms with van der Waals surface area (Å²) in [5.41, 5.74) is -5.84. The first-order chi connectivity index (χ1) is 16.5. The number of hydrogen-bond donors (Lipinski definition) is 2. The maximum Gasteiger partial charge on any atom is 0.456 e. The van der Waals surface area contributed by atoms with E-state index in [1.165, 1.54) is 27.0 Å². The number of methoxy groups -OCH3 is 1. The van der Waals surface area contributed by atoms with Gasteiger partial charge in [0.15, 0.2) is 17.2 Å². The minimum Gasteiger partial charge on any atom is -0.493 e. The lowest BCUT2D eigenvalue weighted by Crippen LogP contribution is -2.65. The third-order valence-corrected chi connectivity index (χ3v) is 6.54. The monoisotopic (exact) mass is 517 g/mol. The first-order valence-corrected chi connectivity index (χ1v) is 10.8. The van der Waals surface area contributed by atoms with E-state index in [2.05, 4.69) is 15.3 Å². The van der Waals surface area contributed by atoms with Crippen molar-refractivity contribution in [3.63, 3.8) is 0 Å². The average Bonchev–Trinajstić information content (AvgIpc) is 2.77. The van der Waals surface area contributed by atoms with Gasteiger partial charge in [0.05, 0.1) is 13.2 Å². The molecule has 12 heteroatoms. The van der Waals surface area contributed by atoms with Crippen LogP contribution in [0.4, 0.5) is 36.4 Å². The lowest BCUT2D eigenvalue weighted by Gasteiger charge is -2.51. The molecule has 2 N–H and O–H groups in total. The van der Waals surface area contributed by atoms with Crippen LogP contribution in [0.25, 0.3) is 10.9 Å². The van der Waals surface area contributed by atoms with Crippen molar-refractivity contribution in [2.45, 2.75) is 56.3 Å². The van der Waals surface area contributed by atoms with Crippen molar-refractivity contribution in [1.29, 1.82) is 0 Å². The normalized spacial score (nSPS) is 21.8. The zero-order valence-electron chi connectivity index (χ0n) is 19.6.